The smallest absolute Gasteiger partial charge is 0.344 e. The number of esters is 1. The minimum Gasteiger partial charge on any atom is -0.482 e. The Bertz CT molecular complexity index is 1010. The fraction of sp³-hybridized carbons (Fsp3) is 0.130. The normalized spacial score (nSPS) is 11.0. The minimum absolute atomic E-state index is 0.123. The molecule has 4 nitrogen and oxygen atoms in total. The third-order valence-corrected chi connectivity index (χ3v) is 4.05. The fourth-order valence-electron chi connectivity index (χ4n) is 2.80. The standard InChI is InChI=1S/C23H19NO3/c1-2-26-23(25)16-27-20-12-10-17(11-13-20)14-19(15-24)22-9-5-7-18-6-3-4-8-21(18)22/h3-14H,2,16H2,1H3/b19-14+. The molecule has 3 aromatic carbocycles. The summed E-state index contributed by atoms with van der Waals surface area (Å²) in [6.45, 7) is 1.96. The van der Waals surface area contributed by atoms with Crippen molar-refractivity contribution in [1.29, 1.82) is 5.26 Å². The van der Waals surface area contributed by atoms with Crippen molar-refractivity contribution >= 4 is 28.4 Å². The highest BCUT2D eigenvalue weighted by Crippen LogP contribution is 2.26. The van der Waals surface area contributed by atoms with Crippen molar-refractivity contribution in [3.8, 4) is 11.8 Å². The van der Waals surface area contributed by atoms with E-state index in [0.29, 0.717) is 17.9 Å². The molecule has 0 unspecified atom stereocenters. The van der Waals surface area contributed by atoms with Gasteiger partial charge in [-0.1, -0.05) is 54.6 Å². The molecule has 4 heteroatoms. The predicted molar refractivity (Wildman–Crippen MR) is 106 cm³/mol. The monoisotopic (exact) mass is 357 g/mol. The van der Waals surface area contributed by atoms with Gasteiger partial charge in [-0.25, -0.2) is 4.79 Å². The van der Waals surface area contributed by atoms with E-state index in [9.17, 15) is 10.1 Å². The summed E-state index contributed by atoms with van der Waals surface area (Å²) in [4.78, 5) is 11.3. The molecule has 0 fully saturated rings. The molecule has 0 aromatic heterocycles. The molecule has 0 aliphatic heterocycles. The van der Waals surface area contributed by atoms with Gasteiger partial charge in [0.1, 0.15) is 5.75 Å². The molecule has 27 heavy (non-hydrogen) atoms. The first-order chi connectivity index (χ1) is 13.2. The van der Waals surface area contributed by atoms with Crippen molar-refractivity contribution in [3.05, 3.63) is 77.9 Å². The van der Waals surface area contributed by atoms with Crippen LogP contribution in [0, 0.1) is 11.3 Å². The molecule has 0 radical (unpaired) electrons. The summed E-state index contributed by atoms with van der Waals surface area (Å²) in [6, 6.07) is 23.5. The summed E-state index contributed by atoms with van der Waals surface area (Å²) in [5, 5.41) is 11.8. The predicted octanol–water partition coefficient (Wildman–Crippen LogP) is 4.85. The van der Waals surface area contributed by atoms with Crippen molar-refractivity contribution in [3.63, 3.8) is 0 Å². The van der Waals surface area contributed by atoms with Crippen LogP contribution < -0.4 is 4.74 Å². The van der Waals surface area contributed by atoms with Crippen LogP contribution in [0.2, 0.25) is 0 Å². The average Bonchev–Trinajstić information content (AvgIpc) is 2.71. The second-order valence-electron chi connectivity index (χ2n) is 5.86. The Labute approximate surface area is 158 Å². The van der Waals surface area contributed by atoms with E-state index in [-0.39, 0.29) is 6.61 Å². The van der Waals surface area contributed by atoms with Crippen LogP contribution in [-0.2, 0) is 9.53 Å². The van der Waals surface area contributed by atoms with Gasteiger partial charge in [0, 0.05) is 5.56 Å². The Morgan fingerprint density at radius 2 is 1.78 bits per heavy atom. The van der Waals surface area contributed by atoms with Gasteiger partial charge in [-0.05, 0) is 41.5 Å². The zero-order valence-electron chi connectivity index (χ0n) is 15.0. The Morgan fingerprint density at radius 3 is 2.52 bits per heavy atom. The van der Waals surface area contributed by atoms with Crippen LogP contribution in [-0.4, -0.2) is 19.2 Å². The number of rotatable bonds is 6. The Hall–Kier alpha value is -3.58. The van der Waals surface area contributed by atoms with Crippen molar-refractivity contribution in [2.24, 2.45) is 0 Å². The lowest BCUT2D eigenvalue weighted by Gasteiger charge is -2.07. The van der Waals surface area contributed by atoms with Crippen LogP contribution in [0.4, 0.5) is 0 Å². The maximum Gasteiger partial charge on any atom is 0.344 e. The van der Waals surface area contributed by atoms with Crippen LogP contribution in [0.1, 0.15) is 18.1 Å². The number of hydrogen-bond donors (Lipinski definition) is 0. The zero-order valence-corrected chi connectivity index (χ0v) is 15.0. The van der Waals surface area contributed by atoms with Crippen LogP contribution in [0.5, 0.6) is 5.75 Å². The number of carbonyl (C=O) groups excluding carboxylic acids is 1. The maximum absolute atomic E-state index is 11.3. The van der Waals surface area contributed by atoms with Gasteiger partial charge >= 0.3 is 5.97 Å². The molecule has 0 heterocycles. The number of fused-ring (bicyclic) bond motifs is 1. The number of benzene rings is 3. The maximum atomic E-state index is 11.3. The first kappa shape index (κ1) is 18.2. The van der Waals surface area contributed by atoms with E-state index < -0.39 is 5.97 Å². The molecule has 0 saturated carbocycles. The minimum atomic E-state index is -0.399. The van der Waals surface area contributed by atoms with Crippen molar-refractivity contribution in [2.45, 2.75) is 6.92 Å². The molecule has 0 N–H and O–H groups in total. The first-order valence-corrected chi connectivity index (χ1v) is 8.69. The number of nitriles is 1. The summed E-state index contributed by atoms with van der Waals surface area (Å²) in [6.07, 6.45) is 1.84. The number of carbonyl (C=O) groups is 1. The highest BCUT2D eigenvalue weighted by Gasteiger charge is 2.07. The lowest BCUT2D eigenvalue weighted by molar-refractivity contribution is -0.145. The Kier molecular flexibility index (Phi) is 5.86. The van der Waals surface area contributed by atoms with E-state index in [1.165, 1.54) is 0 Å². The van der Waals surface area contributed by atoms with E-state index in [1.54, 1.807) is 19.1 Å². The molecule has 0 saturated heterocycles. The number of ether oxygens (including phenoxy) is 2. The molecule has 0 atom stereocenters. The van der Waals surface area contributed by atoms with Gasteiger partial charge in [0.05, 0.1) is 18.2 Å². The largest absolute Gasteiger partial charge is 0.482 e. The van der Waals surface area contributed by atoms with E-state index in [2.05, 4.69) is 6.07 Å². The third-order valence-electron chi connectivity index (χ3n) is 4.05. The SMILES string of the molecule is CCOC(=O)COc1ccc(/C=C(\C#N)c2cccc3ccccc23)cc1. The Balaban J connectivity index is 1.82. The van der Waals surface area contributed by atoms with Gasteiger partial charge in [0.15, 0.2) is 6.61 Å². The quantitative estimate of drug-likeness (QED) is 0.360. The molecule has 0 amide bonds. The topological polar surface area (TPSA) is 59.3 Å². The molecule has 0 aliphatic carbocycles. The first-order valence-electron chi connectivity index (χ1n) is 8.69. The molecule has 3 rings (SSSR count). The van der Waals surface area contributed by atoms with E-state index >= 15 is 0 Å². The van der Waals surface area contributed by atoms with Crippen LogP contribution in [0.25, 0.3) is 22.4 Å². The zero-order chi connectivity index (χ0) is 19.1. The van der Waals surface area contributed by atoms with Crippen molar-refractivity contribution < 1.29 is 14.3 Å². The number of allylic oxidation sites excluding steroid dienone is 1. The third kappa shape index (κ3) is 4.53. The molecular weight excluding hydrogens is 338 g/mol. The van der Waals surface area contributed by atoms with E-state index in [4.69, 9.17) is 9.47 Å². The molecular formula is C23H19NO3. The van der Waals surface area contributed by atoms with E-state index in [0.717, 1.165) is 21.9 Å². The second-order valence-corrected chi connectivity index (χ2v) is 5.86. The van der Waals surface area contributed by atoms with Crippen LogP contribution in [0.3, 0.4) is 0 Å². The highest BCUT2D eigenvalue weighted by atomic mass is 16.6. The van der Waals surface area contributed by atoms with Gasteiger partial charge in [-0.3, -0.25) is 0 Å². The summed E-state index contributed by atoms with van der Waals surface area (Å²) < 4.78 is 10.2. The molecule has 0 aliphatic rings. The van der Waals surface area contributed by atoms with Crippen molar-refractivity contribution in [2.75, 3.05) is 13.2 Å². The Morgan fingerprint density at radius 1 is 1.04 bits per heavy atom. The molecule has 0 bridgehead atoms. The van der Waals surface area contributed by atoms with Gasteiger partial charge in [0.25, 0.3) is 0 Å². The summed E-state index contributed by atoms with van der Waals surface area (Å²) >= 11 is 0. The van der Waals surface area contributed by atoms with Crippen LogP contribution in [0.15, 0.2) is 66.7 Å². The number of hydrogen-bond acceptors (Lipinski definition) is 4. The molecule has 3 aromatic rings. The van der Waals surface area contributed by atoms with Gasteiger partial charge < -0.3 is 9.47 Å². The fourth-order valence-corrected chi connectivity index (χ4v) is 2.80. The second kappa shape index (κ2) is 8.68. The highest BCUT2D eigenvalue weighted by molar-refractivity contribution is 6.01. The summed E-state index contributed by atoms with van der Waals surface area (Å²) in [5.41, 5.74) is 2.37. The van der Waals surface area contributed by atoms with E-state index in [1.807, 2.05) is 60.7 Å². The van der Waals surface area contributed by atoms with Gasteiger partial charge in [0.2, 0.25) is 0 Å². The lowest BCUT2D eigenvalue weighted by atomic mass is 9.97. The van der Waals surface area contributed by atoms with Crippen molar-refractivity contribution in [1.82, 2.24) is 0 Å². The summed E-state index contributed by atoms with van der Waals surface area (Å²) in [7, 11) is 0. The van der Waals surface area contributed by atoms with Crippen LogP contribution >= 0.6 is 0 Å². The van der Waals surface area contributed by atoms with Gasteiger partial charge in [-0.2, -0.15) is 5.26 Å². The summed E-state index contributed by atoms with van der Waals surface area (Å²) in [5.74, 6) is 0.174. The lowest BCUT2D eigenvalue weighted by Crippen LogP contribution is -2.14. The molecule has 134 valence electrons. The van der Waals surface area contributed by atoms with Gasteiger partial charge in [-0.15, -0.1) is 0 Å². The average molecular weight is 357 g/mol. The number of nitrogens with zero attached hydrogens (tertiary/aromatic N) is 1. The molecule has 0 spiro atoms.